The molecule has 1 saturated carbocycles. The van der Waals surface area contributed by atoms with Crippen LogP contribution in [0.4, 0.5) is 0 Å². The van der Waals surface area contributed by atoms with Crippen molar-refractivity contribution in [1.82, 2.24) is 10.3 Å². The topological polar surface area (TPSA) is 34.1 Å². The van der Waals surface area contributed by atoms with Gasteiger partial charge in [-0.3, -0.25) is 0 Å². The second-order valence-corrected chi connectivity index (χ2v) is 4.92. The van der Waals surface area contributed by atoms with Crippen LogP contribution in [0, 0.1) is 5.92 Å². The van der Waals surface area contributed by atoms with Crippen molar-refractivity contribution >= 4 is 0 Å². The first-order valence-electron chi connectivity index (χ1n) is 6.48. The fourth-order valence-electron chi connectivity index (χ4n) is 2.13. The van der Waals surface area contributed by atoms with Crippen molar-refractivity contribution in [3.05, 3.63) is 23.9 Å². The fourth-order valence-corrected chi connectivity index (χ4v) is 2.13. The predicted octanol–water partition coefficient (Wildman–Crippen LogP) is 2.41. The third-order valence-corrected chi connectivity index (χ3v) is 3.52. The standard InChI is InChI=1S/C14H22N2O/c1-15-13(7-5-11-3-4-11)9-12-6-8-14(17-2)16-10-12/h6,8,10-11,13,15H,3-5,7,9H2,1-2H3. The summed E-state index contributed by atoms with van der Waals surface area (Å²) in [6, 6.07) is 4.61. The van der Waals surface area contributed by atoms with Gasteiger partial charge in [-0.25, -0.2) is 4.98 Å². The van der Waals surface area contributed by atoms with Crippen LogP contribution >= 0.6 is 0 Å². The Labute approximate surface area is 104 Å². The SMILES string of the molecule is CNC(CCC1CC1)Cc1ccc(OC)nc1. The van der Waals surface area contributed by atoms with E-state index in [4.69, 9.17) is 4.74 Å². The van der Waals surface area contributed by atoms with Crippen molar-refractivity contribution in [2.45, 2.75) is 38.1 Å². The molecule has 0 saturated heterocycles. The van der Waals surface area contributed by atoms with Crippen molar-refractivity contribution < 1.29 is 4.74 Å². The molecule has 1 aromatic rings. The zero-order valence-electron chi connectivity index (χ0n) is 10.8. The second-order valence-electron chi connectivity index (χ2n) is 4.92. The van der Waals surface area contributed by atoms with Crippen molar-refractivity contribution in [1.29, 1.82) is 0 Å². The minimum Gasteiger partial charge on any atom is -0.481 e. The molecule has 1 unspecified atom stereocenters. The number of likely N-dealkylation sites (N-methyl/N-ethyl adjacent to an activating group) is 1. The molecule has 1 fully saturated rings. The lowest BCUT2D eigenvalue weighted by atomic mass is 10.0. The zero-order valence-corrected chi connectivity index (χ0v) is 10.8. The predicted molar refractivity (Wildman–Crippen MR) is 69.3 cm³/mol. The molecule has 0 bridgehead atoms. The van der Waals surface area contributed by atoms with Crippen LogP contribution < -0.4 is 10.1 Å². The Kier molecular flexibility index (Phi) is 4.37. The van der Waals surface area contributed by atoms with E-state index in [1.807, 2.05) is 12.3 Å². The number of hydrogen-bond acceptors (Lipinski definition) is 3. The van der Waals surface area contributed by atoms with Gasteiger partial charge >= 0.3 is 0 Å². The molecule has 2 rings (SSSR count). The highest BCUT2D eigenvalue weighted by molar-refractivity contribution is 5.18. The number of hydrogen-bond donors (Lipinski definition) is 1. The van der Waals surface area contributed by atoms with Crippen LogP contribution in [0.1, 0.15) is 31.2 Å². The third kappa shape index (κ3) is 4.00. The summed E-state index contributed by atoms with van der Waals surface area (Å²) in [5.41, 5.74) is 1.28. The molecule has 1 N–H and O–H groups in total. The molecule has 0 aliphatic heterocycles. The monoisotopic (exact) mass is 234 g/mol. The highest BCUT2D eigenvalue weighted by Gasteiger charge is 2.22. The first kappa shape index (κ1) is 12.4. The summed E-state index contributed by atoms with van der Waals surface area (Å²) < 4.78 is 5.06. The number of pyridine rings is 1. The van der Waals surface area contributed by atoms with Gasteiger partial charge in [0.2, 0.25) is 5.88 Å². The minimum atomic E-state index is 0.575. The molecule has 3 heteroatoms. The van der Waals surface area contributed by atoms with Gasteiger partial charge in [0, 0.05) is 18.3 Å². The molecule has 94 valence electrons. The lowest BCUT2D eigenvalue weighted by molar-refractivity contribution is 0.397. The number of methoxy groups -OCH3 is 1. The summed E-state index contributed by atoms with van der Waals surface area (Å²) in [6.45, 7) is 0. The Morgan fingerprint density at radius 3 is 2.82 bits per heavy atom. The zero-order chi connectivity index (χ0) is 12.1. The van der Waals surface area contributed by atoms with Gasteiger partial charge in [0.1, 0.15) is 0 Å². The number of ether oxygens (including phenoxy) is 1. The number of rotatable bonds is 7. The van der Waals surface area contributed by atoms with E-state index in [0.29, 0.717) is 11.9 Å². The first-order chi connectivity index (χ1) is 8.31. The largest absolute Gasteiger partial charge is 0.481 e. The van der Waals surface area contributed by atoms with Crippen LogP contribution in [0.5, 0.6) is 5.88 Å². The van der Waals surface area contributed by atoms with Crippen molar-refractivity contribution in [2.75, 3.05) is 14.2 Å². The molecule has 0 aromatic carbocycles. The highest BCUT2D eigenvalue weighted by atomic mass is 16.5. The Morgan fingerprint density at radius 1 is 1.47 bits per heavy atom. The number of nitrogens with zero attached hydrogens (tertiary/aromatic N) is 1. The lowest BCUT2D eigenvalue weighted by Gasteiger charge is -2.15. The molecule has 0 amide bonds. The molecule has 0 radical (unpaired) electrons. The average Bonchev–Trinajstić information content (AvgIpc) is 3.19. The van der Waals surface area contributed by atoms with E-state index in [2.05, 4.69) is 23.4 Å². The molecule has 0 spiro atoms. The maximum absolute atomic E-state index is 5.06. The Balaban J connectivity index is 1.82. The third-order valence-electron chi connectivity index (χ3n) is 3.52. The summed E-state index contributed by atoms with van der Waals surface area (Å²) in [5, 5.41) is 3.40. The van der Waals surface area contributed by atoms with Crippen molar-refractivity contribution in [2.24, 2.45) is 5.92 Å². The van der Waals surface area contributed by atoms with E-state index in [1.165, 1.54) is 31.2 Å². The summed E-state index contributed by atoms with van der Waals surface area (Å²) in [7, 11) is 3.70. The molecule has 1 aliphatic rings. The normalized spacial score (nSPS) is 16.8. The molecule has 1 heterocycles. The van der Waals surface area contributed by atoms with Gasteiger partial charge in [0.25, 0.3) is 0 Å². The average molecular weight is 234 g/mol. The molecule has 3 nitrogen and oxygen atoms in total. The van der Waals surface area contributed by atoms with Gasteiger partial charge in [-0.15, -0.1) is 0 Å². The number of aromatic nitrogens is 1. The lowest BCUT2D eigenvalue weighted by Crippen LogP contribution is -2.27. The second kappa shape index (κ2) is 6.01. The van der Waals surface area contributed by atoms with Crippen LogP contribution in [0.15, 0.2) is 18.3 Å². The van der Waals surface area contributed by atoms with Gasteiger partial charge in [0.15, 0.2) is 0 Å². The summed E-state index contributed by atoms with van der Waals surface area (Å²) >= 11 is 0. The van der Waals surface area contributed by atoms with Crippen LogP contribution in [0.3, 0.4) is 0 Å². The molecular weight excluding hydrogens is 212 g/mol. The van der Waals surface area contributed by atoms with Crippen LogP contribution in [-0.2, 0) is 6.42 Å². The highest BCUT2D eigenvalue weighted by Crippen LogP contribution is 2.34. The van der Waals surface area contributed by atoms with Gasteiger partial charge in [0.05, 0.1) is 7.11 Å². The fraction of sp³-hybridized carbons (Fsp3) is 0.643. The molecule has 1 aliphatic carbocycles. The van der Waals surface area contributed by atoms with Crippen LogP contribution in [-0.4, -0.2) is 25.2 Å². The molecular formula is C14H22N2O. The minimum absolute atomic E-state index is 0.575. The molecule has 1 aromatic heterocycles. The molecule has 1 atom stereocenters. The Hall–Kier alpha value is -1.09. The van der Waals surface area contributed by atoms with E-state index in [1.54, 1.807) is 7.11 Å². The summed E-state index contributed by atoms with van der Waals surface area (Å²) in [4.78, 5) is 4.24. The van der Waals surface area contributed by atoms with E-state index in [0.717, 1.165) is 12.3 Å². The van der Waals surface area contributed by atoms with Gasteiger partial charge in [-0.2, -0.15) is 0 Å². The van der Waals surface area contributed by atoms with Gasteiger partial charge < -0.3 is 10.1 Å². The smallest absolute Gasteiger partial charge is 0.212 e. The van der Waals surface area contributed by atoms with Crippen LogP contribution in [0.25, 0.3) is 0 Å². The summed E-state index contributed by atoms with van der Waals surface area (Å²) in [5.74, 6) is 1.70. The van der Waals surface area contributed by atoms with Crippen molar-refractivity contribution in [3.63, 3.8) is 0 Å². The van der Waals surface area contributed by atoms with Crippen LogP contribution in [0.2, 0.25) is 0 Å². The van der Waals surface area contributed by atoms with Gasteiger partial charge in [-0.1, -0.05) is 18.9 Å². The Bertz CT molecular complexity index is 333. The summed E-state index contributed by atoms with van der Waals surface area (Å²) in [6.07, 6.45) is 8.50. The first-order valence-corrected chi connectivity index (χ1v) is 6.48. The van der Waals surface area contributed by atoms with Crippen molar-refractivity contribution in [3.8, 4) is 5.88 Å². The number of nitrogens with one attached hydrogen (secondary N) is 1. The maximum atomic E-state index is 5.06. The van der Waals surface area contributed by atoms with E-state index >= 15 is 0 Å². The van der Waals surface area contributed by atoms with E-state index < -0.39 is 0 Å². The quantitative estimate of drug-likeness (QED) is 0.786. The van der Waals surface area contributed by atoms with E-state index in [-0.39, 0.29) is 0 Å². The van der Waals surface area contributed by atoms with E-state index in [9.17, 15) is 0 Å². The maximum Gasteiger partial charge on any atom is 0.212 e. The Morgan fingerprint density at radius 2 is 2.29 bits per heavy atom. The van der Waals surface area contributed by atoms with Gasteiger partial charge in [-0.05, 0) is 37.8 Å². The molecule has 17 heavy (non-hydrogen) atoms.